The highest BCUT2D eigenvalue weighted by molar-refractivity contribution is 14.0. The summed E-state index contributed by atoms with van der Waals surface area (Å²) in [5.74, 6) is 1.86. The summed E-state index contributed by atoms with van der Waals surface area (Å²) in [5.41, 5.74) is 1.41. The van der Waals surface area contributed by atoms with E-state index in [4.69, 9.17) is 9.73 Å². The number of morpholine rings is 1. The summed E-state index contributed by atoms with van der Waals surface area (Å²) >= 11 is 0. The van der Waals surface area contributed by atoms with Crippen LogP contribution in [0.5, 0.6) is 0 Å². The van der Waals surface area contributed by atoms with Crippen LogP contribution < -0.4 is 5.32 Å². The number of halogens is 1. The lowest BCUT2D eigenvalue weighted by molar-refractivity contribution is 0.0315. The molecule has 7 heteroatoms. The predicted molar refractivity (Wildman–Crippen MR) is 138 cm³/mol. The van der Waals surface area contributed by atoms with Crippen LogP contribution in [0.4, 0.5) is 0 Å². The monoisotopic (exact) mass is 541 g/mol. The van der Waals surface area contributed by atoms with Gasteiger partial charge in [0.15, 0.2) is 5.96 Å². The first-order chi connectivity index (χ1) is 14.8. The average Bonchev–Trinajstić information content (AvgIpc) is 3.42. The van der Waals surface area contributed by atoms with Crippen LogP contribution in [0.25, 0.3) is 0 Å². The predicted octanol–water partition coefficient (Wildman–Crippen LogP) is 2.89. The third-order valence-corrected chi connectivity index (χ3v) is 6.72. The molecule has 3 aliphatic rings. The van der Waals surface area contributed by atoms with E-state index >= 15 is 0 Å². The molecule has 0 bridgehead atoms. The molecule has 1 aromatic rings. The molecule has 0 amide bonds. The Morgan fingerprint density at radius 1 is 1.10 bits per heavy atom. The second kappa shape index (κ2) is 13.0. The number of hydrogen-bond acceptors (Lipinski definition) is 4. The SMILES string of the molecule is CCNC(=NCC1CCCN1Cc1ccccc1)N1CCC(CN2CCOCC2)C1.I. The van der Waals surface area contributed by atoms with E-state index in [1.807, 2.05) is 0 Å². The Balaban J connectivity index is 0.00000272. The van der Waals surface area contributed by atoms with Crippen LogP contribution in [0.15, 0.2) is 35.3 Å². The topological polar surface area (TPSA) is 43.3 Å². The van der Waals surface area contributed by atoms with Crippen molar-refractivity contribution in [1.82, 2.24) is 20.0 Å². The highest BCUT2D eigenvalue weighted by Crippen LogP contribution is 2.22. The third-order valence-electron chi connectivity index (χ3n) is 6.72. The molecule has 3 saturated heterocycles. The van der Waals surface area contributed by atoms with Gasteiger partial charge in [0.2, 0.25) is 0 Å². The highest BCUT2D eigenvalue weighted by atomic mass is 127. The Hall–Kier alpha value is -0.900. The molecular formula is C24H40IN5O. The summed E-state index contributed by atoms with van der Waals surface area (Å²) in [4.78, 5) is 12.8. The second-order valence-electron chi connectivity index (χ2n) is 8.96. The van der Waals surface area contributed by atoms with Gasteiger partial charge in [-0.15, -0.1) is 24.0 Å². The third kappa shape index (κ3) is 7.30. The maximum absolute atomic E-state index is 5.50. The normalized spacial score (nSPS) is 25.6. The molecule has 2 atom stereocenters. The Morgan fingerprint density at radius 2 is 1.90 bits per heavy atom. The molecule has 0 spiro atoms. The first kappa shape index (κ1) is 24.7. The van der Waals surface area contributed by atoms with E-state index in [1.165, 1.54) is 37.9 Å². The number of guanidine groups is 1. The second-order valence-corrected chi connectivity index (χ2v) is 8.96. The molecule has 0 saturated carbocycles. The van der Waals surface area contributed by atoms with Crippen LogP contribution in [0.3, 0.4) is 0 Å². The largest absolute Gasteiger partial charge is 0.379 e. The van der Waals surface area contributed by atoms with Crippen molar-refractivity contribution in [1.29, 1.82) is 0 Å². The van der Waals surface area contributed by atoms with Crippen molar-refractivity contribution in [3.8, 4) is 0 Å². The lowest BCUT2D eigenvalue weighted by Crippen LogP contribution is -2.43. The first-order valence-corrected chi connectivity index (χ1v) is 11.9. The standard InChI is InChI=1S/C24H39N5O.HI/c1-2-25-24(29-12-10-22(20-29)18-27-13-15-30-16-14-27)26-17-23-9-6-11-28(23)19-21-7-4-3-5-8-21;/h3-5,7-8,22-23H,2,6,9-20H2,1H3,(H,25,26);1H. The van der Waals surface area contributed by atoms with Gasteiger partial charge in [0.05, 0.1) is 19.8 Å². The van der Waals surface area contributed by atoms with E-state index in [-0.39, 0.29) is 24.0 Å². The molecule has 4 rings (SSSR count). The molecule has 2 unspecified atom stereocenters. The molecular weight excluding hydrogens is 501 g/mol. The summed E-state index contributed by atoms with van der Waals surface area (Å²) in [6, 6.07) is 11.4. The summed E-state index contributed by atoms with van der Waals surface area (Å²) in [7, 11) is 0. The van der Waals surface area contributed by atoms with E-state index in [0.717, 1.165) is 70.9 Å². The van der Waals surface area contributed by atoms with E-state index in [2.05, 4.69) is 57.3 Å². The first-order valence-electron chi connectivity index (χ1n) is 11.9. The molecule has 0 aliphatic carbocycles. The van der Waals surface area contributed by atoms with Crippen LogP contribution in [0, 0.1) is 5.92 Å². The molecule has 3 fully saturated rings. The van der Waals surface area contributed by atoms with Gasteiger partial charge < -0.3 is 15.0 Å². The number of ether oxygens (including phenoxy) is 1. The van der Waals surface area contributed by atoms with Crippen molar-refractivity contribution in [2.24, 2.45) is 10.9 Å². The zero-order valence-corrected chi connectivity index (χ0v) is 21.4. The minimum atomic E-state index is 0. The van der Waals surface area contributed by atoms with Crippen molar-refractivity contribution in [3.63, 3.8) is 0 Å². The maximum atomic E-state index is 5.50. The lowest BCUT2D eigenvalue weighted by atomic mass is 10.1. The van der Waals surface area contributed by atoms with Gasteiger partial charge in [-0.25, -0.2) is 0 Å². The molecule has 6 nitrogen and oxygen atoms in total. The minimum absolute atomic E-state index is 0. The van der Waals surface area contributed by atoms with Gasteiger partial charge in [0.1, 0.15) is 0 Å². The molecule has 3 heterocycles. The summed E-state index contributed by atoms with van der Waals surface area (Å²) in [6.07, 6.45) is 3.82. The van der Waals surface area contributed by atoms with Crippen molar-refractivity contribution < 1.29 is 4.74 Å². The average molecular weight is 542 g/mol. The fraction of sp³-hybridized carbons (Fsp3) is 0.708. The number of likely N-dealkylation sites (tertiary alicyclic amines) is 2. The van der Waals surface area contributed by atoms with E-state index in [0.29, 0.717) is 6.04 Å². The van der Waals surface area contributed by atoms with Crippen molar-refractivity contribution in [3.05, 3.63) is 35.9 Å². The van der Waals surface area contributed by atoms with Crippen molar-refractivity contribution in [2.75, 3.05) is 65.6 Å². The number of nitrogens with zero attached hydrogens (tertiary/aromatic N) is 4. The van der Waals surface area contributed by atoms with Crippen LogP contribution in [-0.4, -0.2) is 92.3 Å². The van der Waals surface area contributed by atoms with Gasteiger partial charge in [-0.05, 0) is 44.2 Å². The Morgan fingerprint density at radius 3 is 2.68 bits per heavy atom. The zero-order chi connectivity index (χ0) is 20.6. The van der Waals surface area contributed by atoms with E-state index in [9.17, 15) is 0 Å². The van der Waals surface area contributed by atoms with Gasteiger partial charge in [0, 0.05) is 51.9 Å². The van der Waals surface area contributed by atoms with Crippen molar-refractivity contribution >= 4 is 29.9 Å². The summed E-state index contributed by atoms with van der Waals surface area (Å²) < 4.78 is 5.50. The van der Waals surface area contributed by atoms with Gasteiger partial charge in [-0.2, -0.15) is 0 Å². The van der Waals surface area contributed by atoms with Gasteiger partial charge in [0.25, 0.3) is 0 Å². The Kier molecular flexibility index (Phi) is 10.3. The molecule has 1 N–H and O–H groups in total. The van der Waals surface area contributed by atoms with E-state index < -0.39 is 0 Å². The molecule has 174 valence electrons. The smallest absolute Gasteiger partial charge is 0.193 e. The molecule has 1 aromatic carbocycles. The summed E-state index contributed by atoms with van der Waals surface area (Å²) in [5, 5.41) is 3.56. The maximum Gasteiger partial charge on any atom is 0.193 e. The number of rotatable bonds is 7. The molecule has 0 aromatic heterocycles. The number of hydrogen-bond donors (Lipinski definition) is 1. The lowest BCUT2D eigenvalue weighted by Gasteiger charge is -2.29. The number of benzene rings is 1. The highest BCUT2D eigenvalue weighted by Gasteiger charge is 2.28. The molecule has 3 aliphatic heterocycles. The Bertz CT molecular complexity index is 667. The van der Waals surface area contributed by atoms with Gasteiger partial charge in [-0.1, -0.05) is 30.3 Å². The fourth-order valence-corrected chi connectivity index (χ4v) is 5.07. The van der Waals surface area contributed by atoms with Crippen LogP contribution in [0.1, 0.15) is 31.7 Å². The quantitative estimate of drug-likeness (QED) is 0.327. The molecule has 31 heavy (non-hydrogen) atoms. The van der Waals surface area contributed by atoms with Gasteiger partial charge in [-0.3, -0.25) is 14.8 Å². The number of aliphatic imine (C=N–C) groups is 1. The molecule has 0 radical (unpaired) electrons. The minimum Gasteiger partial charge on any atom is -0.379 e. The van der Waals surface area contributed by atoms with Gasteiger partial charge >= 0.3 is 0 Å². The summed E-state index contributed by atoms with van der Waals surface area (Å²) in [6.45, 7) is 13.7. The van der Waals surface area contributed by atoms with Crippen molar-refractivity contribution in [2.45, 2.75) is 38.8 Å². The van der Waals surface area contributed by atoms with Crippen LogP contribution >= 0.6 is 24.0 Å². The van der Waals surface area contributed by atoms with E-state index in [1.54, 1.807) is 0 Å². The fourth-order valence-electron chi connectivity index (χ4n) is 5.07. The zero-order valence-electron chi connectivity index (χ0n) is 19.0. The number of nitrogens with one attached hydrogen (secondary N) is 1. The Labute approximate surface area is 205 Å². The van der Waals surface area contributed by atoms with Crippen LogP contribution in [0.2, 0.25) is 0 Å². The van der Waals surface area contributed by atoms with Crippen LogP contribution in [-0.2, 0) is 11.3 Å².